The highest BCUT2D eigenvalue weighted by molar-refractivity contribution is 5.38. The van der Waals surface area contributed by atoms with Gasteiger partial charge < -0.3 is 9.84 Å². The van der Waals surface area contributed by atoms with Gasteiger partial charge in [0.1, 0.15) is 0 Å². The maximum Gasteiger partial charge on any atom is 0.231 e. The molecule has 1 aromatic carbocycles. The van der Waals surface area contributed by atoms with Crippen molar-refractivity contribution in [3.63, 3.8) is 0 Å². The molecule has 21 heavy (non-hydrogen) atoms. The molecule has 4 heteroatoms. The summed E-state index contributed by atoms with van der Waals surface area (Å²) < 4.78 is 5.65. The molecule has 3 heterocycles. The zero-order chi connectivity index (χ0) is 13.9. The molecule has 1 aliphatic carbocycles. The van der Waals surface area contributed by atoms with E-state index in [-0.39, 0.29) is 5.41 Å². The second kappa shape index (κ2) is 4.17. The first kappa shape index (κ1) is 11.9. The highest BCUT2D eigenvalue weighted by atomic mass is 16.5. The summed E-state index contributed by atoms with van der Waals surface area (Å²) in [6, 6.07) is 11.8. The van der Waals surface area contributed by atoms with E-state index in [9.17, 15) is 0 Å². The number of benzene rings is 1. The van der Waals surface area contributed by atoms with Gasteiger partial charge in [-0.2, -0.15) is 4.98 Å². The van der Waals surface area contributed by atoms with Crippen molar-refractivity contribution in [1.82, 2.24) is 15.5 Å². The number of nitrogens with zero attached hydrogens (tertiary/aromatic N) is 2. The fourth-order valence-electron chi connectivity index (χ4n) is 4.20. The van der Waals surface area contributed by atoms with E-state index in [0.717, 1.165) is 31.0 Å². The largest absolute Gasteiger partial charge is 0.339 e. The molecular formula is C17H19N3O. The lowest BCUT2D eigenvalue weighted by molar-refractivity contribution is 0.326. The molecule has 3 atom stereocenters. The van der Waals surface area contributed by atoms with Crippen molar-refractivity contribution >= 4 is 0 Å². The number of hydrogen-bond acceptors (Lipinski definition) is 4. The predicted molar refractivity (Wildman–Crippen MR) is 78.1 cm³/mol. The van der Waals surface area contributed by atoms with Crippen LogP contribution in [0.15, 0.2) is 34.9 Å². The van der Waals surface area contributed by atoms with Gasteiger partial charge in [-0.15, -0.1) is 0 Å². The molecule has 0 radical (unpaired) electrons. The molecule has 1 N–H and O–H groups in total. The van der Waals surface area contributed by atoms with Gasteiger partial charge >= 0.3 is 0 Å². The average Bonchev–Trinajstić information content (AvgIpc) is 2.94. The van der Waals surface area contributed by atoms with E-state index in [1.807, 2.05) is 0 Å². The van der Waals surface area contributed by atoms with Crippen molar-refractivity contribution in [1.29, 1.82) is 0 Å². The van der Waals surface area contributed by atoms with Crippen LogP contribution in [0.2, 0.25) is 0 Å². The molecule has 2 aliphatic heterocycles. The van der Waals surface area contributed by atoms with Gasteiger partial charge in [0.25, 0.3) is 0 Å². The van der Waals surface area contributed by atoms with Gasteiger partial charge in [-0.25, -0.2) is 0 Å². The van der Waals surface area contributed by atoms with Crippen LogP contribution in [0, 0.1) is 0 Å². The second-order valence-electron chi connectivity index (χ2n) is 6.79. The summed E-state index contributed by atoms with van der Waals surface area (Å²) >= 11 is 0. The van der Waals surface area contributed by atoms with Crippen molar-refractivity contribution in [3.8, 4) is 0 Å². The molecule has 1 saturated carbocycles. The Morgan fingerprint density at radius 1 is 1.14 bits per heavy atom. The van der Waals surface area contributed by atoms with Crippen LogP contribution in [0.4, 0.5) is 0 Å². The first-order valence-corrected chi connectivity index (χ1v) is 8.01. The Morgan fingerprint density at radius 2 is 2.00 bits per heavy atom. The molecule has 2 saturated heterocycles. The van der Waals surface area contributed by atoms with E-state index in [0.29, 0.717) is 18.0 Å². The molecule has 2 aromatic rings. The van der Waals surface area contributed by atoms with Crippen LogP contribution in [-0.4, -0.2) is 22.2 Å². The summed E-state index contributed by atoms with van der Waals surface area (Å²) in [6.07, 6.45) is 5.97. The van der Waals surface area contributed by atoms with E-state index in [1.165, 1.54) is 18.4 Å². The Hall–Kier alpha value is -1.68. The van der Waals surface area contributed by atoms with Gasteiger partial charge in [-0.05, 0) is 37.7 Å². The van der Waals surface area contributed by atoms with Gasteiger partial charge in [-0.3, -0.25) is 0 Å². The maximum atomic E-state index is 5.65. The van der Waals surface area contributed by atoms with Gasteiger partial charge in [0, 0.05) is 12.1 Å². The Balaban J connectivity index is 1.46. The topological polar surface area (TPSA) is 51.0 Å². The molecule has 3 unspecified atom stereocenters. The summed E-state index contributed by atoms with van der Waals surface area (Å²) in [7, 11) is 0. The lowest BCUT2D eigenvalue weighted by Crippen LogP contribution is -2.21. The third-order valence-electron chi connectivity index (χ3n) is 5.56. The lowest BCUT2D eigenvalue weighted by Gasteiger charge is -2.15. The van der Waals surface area contributed by atoms with Crippen LogP contribution in [-0.2, 0) is 5.41 Å². The summed E-state index contributed by atoms with van der Waals surface area (Å²) in [6.45, 7) is 0. The van der Waals surface area contributed by atoms with E-state index < -0.39 is 0 Å². The molecule has 2 bridgehead atoms. The number of rotatable bonds is 3. The zero-order valence-corrected chi connectivity index (χ0v) is 12.0. The van der Waals surface area contributed by atoms with Crippen LogP contribution in [0.25, 0.3) is 0 Å². The molecule has 1 aromatic heterocycles. The van der Waals surface area contributed by atoms with Crippen molar-refractivity contribution < 1.29 is 4.52 Å². The standard InChI is InChI=1S/C17H19N3O/c1-2-4-11(5-3-1)17(8-9-17)16-19-15(21-20-16)13-10-12-6-7-14(13)18-12/h1-5,12-14,18H,6-10H2. The van der Waals surface area contributed by atoms with Crippen LogP contribution < -0.4 is 5.32 Å². The highest BCUT2D eigenvalue weighted by Gasteiger charge is 2.51. The monoisotopic (exact) mass is 281 g/mol. The van der Waals surface area contributed by atoms with Gasteiger partial charge in [-0.1, -0.05) is 35.5 Å². The van der Waals surface area contributed by atoms with Gasteiger partial charge in [0.2, 0.25) is 5.89 Å². The minimum atomic E-state index is 0.0219. The third-order valence-corrected chi connectivity index (χ3v) is 5.56. The SMILES string of the molecule is c1ccc(C2(c3noc(C4CC5CCC4N5)n3)CC2)cc1. The van der Waals surface area contributed by atoms with E-state index >= 15 is 0 Å². The Labute approximate surface area is 123 Å². The fraction of sp³-hybridized carbons (Fsp3) is 0.529. The van der Waals surface area contributed by atoms with E-state index in [1.54, 1.807) is 0 Å². The van der Waals surface area contributed by atoms with E-state index in [2.05, 4.69) is 40.8 Å². The molecule has 0 spiro atoms. The van der Waals surface area contributed by atoms with Crippen LogP contribution in [0.3, 0.4) is 0 Å². The van der Waals surface area contributed by atoms with Crippen molar-refractivity contribution in [2.24, 2.45) is 0 Å². The number of nitrogens with one attached hydrogen (secondary N) is 1. The highest BCUT2D eigenvalue weighted by Crippen LogP contribution is 2.52. The molecule has 3 aliphatic rings. The number of hydrogen-bond donors (Lipinski definition) is 1. The summed E-state index contributed by atoms with van der Waals surface area (Å²) in [5.41, 5.74) is 1.34. The normalized spacial score (nSPS) is 32.5. The average molecular weight is 281 g/mol. The quantitative estimate of drug-likeness (QED) is 0.940. The van der Waals surface area contributed by atoms with Crippen molar-refractivity contribution in [2.45, 2.75) is 55.5 Å². The predicted octanol–water partition coefficient (Wildman–Crippen LogP) is 2.76. The molecule has 4 nitrogen and oxygen atoms in total. The zero-order valence-electron chi connectivity index (χ0n) is 12.0. The maximum absolute atomic E-state index is 5.65. The summed E-state index contributed by atoms with van der Waals surface area (Å²) in [5.74, 6) is 2.18. The number of aromatic nitrogens is 2. The fourth-order valence-corrected chi connectivity index (χ4v) is 4.20. The van der Waals surface area contributed by atoms with Gasteiger partial charge in [0.05, 0.1) is 11.3 Å². The molecule has 5 rings (SSSR count). The van der Waals surface area contributed by atoms with Crippen molar-refractivity contribution in [3.05, 3.63) is 47.6 Å². The molecule has 0 amide bonds. The number of fused-ring (bicyclic) bond motifs is 2. The molecule has 108 valence electrons. The molecule has 3 fully saturated rings. The molecular weight excluding hydrogens is 262 g/mol. The van der Waals surface area contributed by atoms with E-state index in [4.69, 9.17) is 9.51 Å². The lowest BCUT2D eigenvalue weighted by atomic mass is 9.89. The first-order chi connectivity index (χ1) is 10.4. The van der Waals surface area contributed by atoms with Crippen LogP contribution in [0.1, 0.15) is 55.3 Å². The third kappa shape index (κ3) is 1.72. The smallest absolute Gasteiger partial charge is 0.231 e. The second-order valence-corrected chi connectivity index (χ2v) is 6.79. The Kier molecular flexibility index (Phi) is 2.37. The first-order valence-electron chi connectivity index (χ1n) is 8.01. The minimum Gasteiger partial charge on any atom is -0.339 e. The summed E-state index contributed by atoms with van der Waals surface area (Å²) in [4.78, 5) is 4.80. The summed E-state index contributed by atoms with van der Waals surface area (Å²) in [5, 5.41) is 7.98. The minimum absolute atomic E-state index is 0.0219. The van der Waals surface area contributed by atoms with Crippen molar-refractivity contribution in [2.75, 3.05) is 0 Å². The van der Waals surface area contributed by atoms with Crippen LogP contribution >= 0.6 is 0 Å². The Bertz CT molecular complexity index is 662. The van der Waals surface area contributed by atoms with Gasteiger partial charge in [0.15, 0.2) is 5.82 Å². The van der Waals surface area contributed by atoms with Crippen LogP contribution in [0.5, 0.6) is 0 Å². The Morgan fingerprint density at radius 3 is 2.67 bits per heavy atom.